The molecule has 1 aliphatic carbocycles. The molecule has 2 aliphatic rings. The highest BCUT2D eigenvalue weighted by molar-refractivity contribution is 5.85. The van der Waals surface area contributed by atoms with Crippen molar-refractivity contribution in [1.29, 1.82) is 0 Å². The quantitative estimate of drug-likeness (QED) is 0.920. The van der Waals surface area contributed by atoms with Crippen LogP contribution in [-0.2, 0) is 4.79 Å². The number of hydrogen-bond donors (Lipinski definition) is 1. The second-order valence-electron chi connectivity index (χ2n) is 6.18. The highest BCUT2D eigenvalue weighted by Crippen LogP contribution is 2.36. The van der Waals surface area contributed by atoms with Gasteiger partial charge in [-0.3, -0.25) is 10.1 Å². The lowest BCUT2D eigenvalue weighted by atomic mass is 9.90. The van der Waals surface area contributed by atoms with E-state index in [-0.39, 0.29) is 29.8 Å². The summed E-state index contributed by atoms with van der Waals surface area (Å²) in [5, 5.41) is 3.39. The van der Waals surface area contributed by atoms with Crippen LogP contribution in [-0.4, -0.2) is 22.9 Å². The van der Waals surface area contributed by atoms with Crippen LogP contribution >= 0.6 is 0 Å². The Morgan fingerprint density at radius 2 is 2.10 bits per heavy atom. The first-order valence-corrected chi connectivity index (χ1v) is 7.41. The number of carbonyl (C=O) groups excluding carboxylic acids is 1. The summed E-state index contributed by atoms with van der Waals surface area (Å²) in [5.41, 5.74) is 0.841. The average Bonchev–Trinajstić information content (AvgIpc) is 2.66. The summed E-state index contributed by atoms with van der Waals surface area (Å²) in [6.07, 6.45) is 3.11. The molecular weight excluding hydrogens is 255 g/mol. The number of carbonyl (C=O) groups is 1. The number of rotatable bonds is 3. The summed E-state index contributed by atoms with van der Waals surface area (Å²) in [6, 6.07) is 6.71. The fourth-order valence-electron chi connectivity index (χ4n) is 3.08. The van der Waals surface area contributed by atoms with Crippen molar-refractivity contribution < 1.29 is 9.18 Å². The lowest BCUT2D eigenvalue weighted by Crippen LogP contribution is -2.44. The molecular formula is C16H21FN2O. The van der Waals surface area contributed by atoms with Crippen molar-refractivity contribution in [3.8, 4) is 0 Å². The van der Waals surface area contributed by atoms with E-state index in [1.807, 2.05) is 24.8 Å². The topological polar surface area (TPSA) is 32.3 Å². The van der Waals surface area contributed by atoms with Gasteiger partial charge in [0.25, 0.3) is 0 Å². The molecule has 0 aromatic heterocycles. The largest absolute Gasteiger partial charge is 0.319 e. The van der Waals surface area contributed by atoms with E-state index in [2.05, 4.69) is 5.32 Å². The van der Waals surface area contributed by atoms with Crippen molar-refractivity contribution >= 4 is 5.91 Å². The van der Waals surface area contributed by atoms with Crippen LogP contribution in [0.5, 0.6) is 0 Å². The Hall–Kier alpha value is -1.42. The zero-order chi connectivity index (χ0) is 14.3. The molecule has 3 nitrogen and oxygen atoms in total. The molecule has 2 unspecified atom stereocenters. The van der Waals surface area contributed by atoms with Gasteiger partial charge < -0.3 is 4.90 Å². The summed E-state index contributed by atoms with van der Waals surface area (Å²) in [6.45, 7) is 4.09. The summed E-state index contributed by atoms with van der Waals surface area (Å²) in [7, 11) is 0. The van der Waals surface area contributed by atoms with Crippen LogP contribution in [0.15, 0.2) is 24.3 Å². The molecule has 1 aliphatic heterocycles. The molecule has 1 saturated heterocycles. The minimum Gasteiger partial charge on any atom is -0.319 e. The molecule has 2 atom stereocenters. The predicted molar refractivity (Wildman–Crippen MR) is 75.4 cm³/mol. The van der Waals surface area contributed by atoms with E-state index in [1.165, 1.54) is 18.6 Å². The molecule has 0 bridgehead atoms. The molecule has 4 heteroatoms. The number of amides is 1. The third kappa shape index (κ3) is 2.22. The summed E-state index contributed by atoms with van der Waals surface area (Å²) in [4.78, 5) is 14.6. The smallest absolute Gasteiger partial charge is 0.241 e. The van der Waals surface area contributed by atoms with E-state index in [0.717, 1.165) is 18.4 Å². The van der Waals surface area contributed by atoms with Gasteiger partial charge in [0, 0.05) is 6.04 Å². The SMILES string of the molecule is CC(C)C1NC(c2cccc(F)c2)N(C2CCC2)C1=O. The number of nitrogens with one attached hydrogen (secondary N) is 1. The van der Waals surface area contributed by atoms with Crippen molar-refractivity contribution in [3.63, 3.8) is 0 Å². The average molecular weight is 276 g/mol. The van der Waals surface area contributed by atoms with E-state index in [0.29, 0.717) is 6.04 Å². The van der Waals surface area contributed by atoms with Gasteiger partial charge in [0.1, 0.15) is 12.0 Å². The second-order valence-corrected chi connectivity index (χ2v) is 6.18. The van der Waals surface area contributed by atoms with Gasteiger partial charge in [-0.05, 0) is 42.9 Å². The first-order valence-electron chi connectivity index (χ1n) is 7.41. The van der Waals surface area contributed by atoms with Gasteiger partial charge in [0.15, 0.2) is 0 Å². The van der Waals surface area contributed by atoms with Crippen molar-refractivity contribution in [2.45, 2.75) is 51.4 Å². The zero-order valence-electron chi connectivity index (χ0n) is 12.0. The monoisotopic (exact) mass is 276 g/mol. The third-order valence-electron chi connectivity index (χ3n) is 4.44. The van der Waals surface area contributed by atoms with Crippen LogP contribution in [0.4, 0.5) is 4.39 Å². The Morgan fingerprint density at radius 3 is 2.65 bits per heavy atom. The Labute approximate surface area is 119 Å². The van der Waals surface area contributed by atoms with E-state index in [1.54, 1.807) is 6.07 Å². The Kier molecular flexibility index (Phi) is 3.50. The minimum absolute atomic E-state index is 0.163. The lowest BCUT2D eigenvalue weighted by Gasteiger charge is -2.38. The van der Waals surface area contributed by atoms with Crippen LogP contribution in [0, 0.1) is 11.7 Å². The fourth-order valence-corrected chi connectivity index (χ4v) is 3.08. The molecule has 1 aromatic rings. The lowest BCUT2D eigenvalue weighted by molar-refractivity contribution is -0.134. The molecule has 0 spiro atoms. The summed E-state index contributed by atoms with van der Waals surface area (Å²) >= 11 is 0. The van der Waals surface area contributed by atoms with Crippen LogP contribution in [0.1, 0.15) is 44.8 Å². The van der Waals surface area contributed by atoms with Crippen molar-refractivity contribution in [1.82, 2.24) is 10.2 Å². The van der Waals surface area contributed by atoms with Crippen LogP contribution in [0.2, 0.25) is 0 Å². The van der Waals surface area contributed by atoms with Gasteiger partial charge in [0.05, 0.1) is 6.04 Å². The Bertz CT molecular complexity index is 513. The highest BCUT2D eigenvalue weighted by Gasteiger charge is 2.45. The minimum atomic E-state index is -0.252. The molecule has 1 saturated carbocycles. The van der Waals surface area contributed by atoms with Gasteiger partial charge in [-0.1, -0.05) is 26.0 Å². The summed E-state index contributed by atoms with van der Waals surface area (Å²) < 4.78 is 13.5. The molecule has 1 heterocycles. The molecule has 0 radical (unpaired) electrons. The van der Waals surface area contributed by atoms with Gasteiger partial charge in [-0.2, -0.15) is 0 Å². The molecule has 3 rings (SSSR count). The highest BCUT2D eigenvalue weighted by atomic mass is 19.1. The maximum atomic E-state index is 13.5. The van der Waals surface area contributed by atoms with Gasteiger partial charge >= 0.3 is 0 Å². The maximum Gasteiger partial charge on any atom is 0.241 e. The normalized spacial score (nSPS) is 27.2. The van der Waals surface area contributed by atoms with E-state index < -0.39 is 0 Å². The Balaban J connectivity index is 1.92. The standard InChI is InChI=1S/C16H21FN2O/c1-10(2)14-16(20)19(13-7-4-8-13)15(18-14)11-5-3-6-12(17)9-11/h3,5-6,9-10,13-15,18H,4,7-8H2,1-2H3. The van der Waals surface area contributed by atoms with Crippen LogP contribution < -0.4 is 5.32 Å². The van der Waals surface area contributed by atoms with Gasteiger partial charge in [0.2, 0.25) is 5.91 Å². The molecule has 2 fully saturated rings. The first kappa shape index (κ1) is 13.6. The molecule has 1 amide bonds. The van der Waals surface area contributed by atoms with Gasteiger partial charge in [-0.25, -0.2) is 4.39 Å². The van der Waals surface area contributed by atoms with E-state index in [9.17, 15) is 9.18 Å². The molecule has 1 N–H and O–H groups in total. The fraction of sp³-hybridized carbons (Fsp3) is 0.562. The zero-order valence-corrected chi connectivity index (χ0v) is 12.0. The first-order chi connectivity index (χ1) is 9.58. The third-order valence-corrected chi connectivity index (χ3v) is 4.44. The van der Waals surface area contributed by atoms with Crippen LogP contribution in [0.3, 0.4) is 0 Å². The molecule has 108 valence electrons. The van der Waals surface area contributed by atoms with Crippen molar-refractivity contribution in [2.24, 2.45) is 5.92 Å². The van der Waals surface area contributed by atoms with E-state index in [4.69, 9.17) is 0 Å². The second kappa shape index (κ2) is 5.17. The summed E-state index contributed by atoms with van der Waals surface area (Å²) in [5.74, 6) is 0.154. The number of benzene rings is 1. The van der Waals surface area contributed by atoms with E-state index >= 15 is 0 Å². The maximum absolute atomic E-state index is 13.5. The van der Waals surface area contributed by atoms with Crippen molar-refractivity contribution in [3.05, 3.63) is 35.6 Å². The van der Waals surface area contributed by atoms with Gasteiger partial charge in [-0.15, -0.1) is 0 Å². The van der Waals surface area contributed by atoms with Crippen LogP contribution in [0.25, 0.3) is 0 Å². The number of hydrogen-bond acceptors (Lipinski definition) is 2. The molecule has 20 heavy (non-hydrogen) atoms. The Morgan fingerprint density at radius 1 is 1.35 bits per heavy atom. The molecule has 1 aromatic carbocycles. The number of halogens is 1. The number of nitrogens with zero attached hydrogens (tertiary/aromatic N) is 1. The van der Waals surface area contributed by atoms with Crippen molar-refractivity contribution in [2.75, 3.05) is 0 Å². The predicted octanol–water partition coefficient (Wildman–Crippen LogP) is 2.83.